The molecule has 1 atom stereocenters. The van der Waals surface area contributed by atoms with E-state index in [0.29, 0.717) is 0 Å². The van der Waals surface area contributed by atoms with Crippen molar-refractivity contribution in [1.82, 2.24) is 0 Å². The van der Waals surface area contributed by atoms with Crippen molar-refractivity contribution in [2.45, 2.75) is 19.9 Å². The molecule has 0 spiro atoms. The minimum absolute atomic E-state index is 0.266. The molecule has 0 radical (unpaired) electrons. The highest BCUT2D eigenvalue weighted by Gasteiger charge is 2.13. The molecule has 0 aliphatic heterocycles. The first-order chi connectivity index (χ1) is 9.02. The molecular weight excluding hydrogens is 390 g/mol. The van der Waals surface area contributed by atoms with Crippen molar-refractivity contribution in [3.05, 3.63) is 43.0 Å². The molecule has 1 heterocycles. The molecular formula is C14H15Br2NOS. The second kappa shape index (κ2) is 6.29. The van der Waals surface area contributed by atoms with Crippen LogP contribution < -0.4 is 10.1 Å². The number of methoxy groups -OCH3 is 1. The maximum Gasteiger partial charge on any atom is 0.135 e. The molecule has 0 aliphatic carbocycles. The molecule has 2 rings (SSSR count). The van der Waals surface area contributed by atoms with Gasteiger partial charge in [-0.15, -0.1) is 11.3 Å². The molecule has 102 valence electrons. The van der Waals surface area contributed by atoms with Crippen molar-refractivity contribution in [2.75, 3.05) is 12.4 Å². The second-order valence-electron chi connectivity index (χ2n) is 4.30. The van der Waals surface area contributed by atoms with E-state index in [9.17, 15) is 0 Å². The second-order valence-corrected chi connectivity index (χ2v) is 6.96. The number of nitrogens with one attached hydrogen (secondary N) is 1. The summed E-state index contributed by atoms with van der Waals surface area (Å²) in [5.41, 5.74) is 2.35. The van der Waals surface area contributed by atoms with Crippen LogP contribution in [0.2, 0.25) is 0 Å². The Hall–Kier alpha value is -0.520. The van der Waals surface area contributed by atoms with E-state index >= 15 is 0 Å². The van der Waals surface area contributed by atoms with Crippen LogP contribution in [-0.2, 0) is 0 Å². The first kappa shape index (κ1) is 14.9. The first-order valence-corrected chi connectivity index (χ1v) is 8.33. The minimum Gasteiger partial charge on any atom is -0.495 e. The zero-order valence-electron chi connectivity index (χ0n) is 11.0. The molecule has 1 unspecified atom stereocenters. The van der Waals surface area contributed by atoms with Crippen LogP contribution in [0.25, 0.3) is 0 Å². The summed E-state index contributed by atoms with van der Waals surface area (Å²) in [4.78, 5) is 1.36. The minimum atomic E-state index is 0.266. The molecule has 2 nitrogen and oxygen atoms in total. The van der Waals surface area contributed by atoms with Crippen LogP contribution in [0.15, 0.2) is 32.5 Å². The lowest BCUT2D eigenvalue weighted by atomic mass is 10.2. The molecule has 5 heteroatoms. The summed E-state index contributed by atoms with van der Waals surface area (Å²) >= 11 is 8.83. The van der Waals surface area contributed by atoms with Crippen molar-refractivity contribution < 1.29 is 4.74 Å². The molecule has 1 aromatic heterocycles. The quantitative estimate of drug-likeness (QED) is 0.698. The summed E-state index contributed by atoms with van der Waals surface area (Å²) < 4.78 is 7.28. The maximum absolute atomic E-state index is 5.33. The van der Waals surface area contributed by atoms with Crippen LogP contribution >= 0.6 is 43.2 Å². The van der Waals surface area contributed by atoms with E-state index in [2.05, 4.69) is 62.5 Å². The number of thiophene rings is 1. The van der Waals surface area contributed by atoms with E-state index in [1.54, 1.807) is 18.4 Å². The average molecular weight is 405 g/mol. The number of aryl methyl sites for hydroxylation is 1. The van der Waals surface area contributed by atoms with Gasteiger partial charge in [0.25, 0.3) is 0 Å². The fourth-order valence-corrected chi connectivity index (χ4v) is 4.13. The van der Waals surface area contributed by atoms with E-state index < -0.39 is 0 Å². The van der Waals surface area contributed by atoms with E-state index in [1.165, 1.54) is 10.4 Å². The average Bonchev–Trinajstić information content (AvgIpc) is 2.79. The van der Waals surface area contributed by atoms with Gasteiger partial charge >= 0.3 is 0 Å². The highest BCUT2D eigenvalue weighted by atomic mass is 79.9. The van der Waals surface area contributed by atoms with Gasteiger partial charge in [-0.2, -0.15) is 0 Å². The number of ether oxygens (including phenoxy) is 1. The van der Waals surface area contributed by atoms with Crippen LogP contribution in [0.5, 0.6) is 5.75 Å². The Labute approximate surface area is 134 Å². The summed E-state index contributed by atoms with van der Waals surface area (Å²) in [6.07, 6.45) is 0. The molecule has 0 aliphatic rings. The van der Waals surface area contributed by atoms with Crippen molar-refractivity contribution in [1.29, 1.82) is 0 Å². The van der Waals surface area contributed by atoms with Gasteiger partial charge in [0, 0.05) is 15.4 Å². The molecule has 2 aromatic rings. The largest absolute Gasteiger partial charge is 0.495 e. The number of halogens is 2. The summed E-state index contributed by atoms with van der Waals surface area (Å²) in [6.45, 7) is 4.31. The number of hydrogen-bond donors (Lipinski definition) is 1. The lowest BCUT2D eigenvalue weighted by Gasteiger charge is -2.17. The molecule has 0 amide bonds. The number of anilines is 1. The van der Waals surface area contributed by atoms with Crippen molar-refractivity contribution in [3.63, 3.8) is 0 Å². The Bertz CT molecular complexity index is 583. The van der Waals surface area contributed by atoms with E-state index in [1.807, 2.05) is 12.1 Å². The molecule has 0 saturated heterocycles. The Balaban J connectivity index is 2.26. The number of rotatable bonds is 4. The number of benzene rings is 1. The summed E-state index contributed by atoms with van der Waals surface area (Å²) in [6, 6.07) is 6.40. The number of hydrogen-bond acceptors (Lipinski definition) is 3. The van der Waals surface area contributed by atoms with Gasteiger partial charge < -0.3 is 10.1 Å². The third kappa shape index (κ3) is 3.33. The monoisotopic (exact) mass is 403 g/mol. The van der Waals surface area contributed by atoms with E-state index in [0.717, 1.165) is 20.4 Å². The van der Waals surface area contributed by atoms with Gasteiger partial charge in [-0.3, -0.25) is 0 Å². The predicted molar refractivity (Wildman–Crippen MR) is 89.5 cm³/mol. The Kier molecular flexibility index (Phi) is 4.92. The Morgan fingerprint density at radius 2 is 2.00 bits per heavy atom. The van der Waals surface area contributed by atoms with Gasteiger partial charge in [0.2, 0.25) is 0 Å². The van der Waals surface area contributed by atoms with Gasteiger partial charge in [-0.1, -0.05) is 0 Å². The van der Waals surface area contributed by atoms with Gasteiger partial charge in [-0.05, 0) is 68.8 Å². The molecule has 0 fully saturated rings. The molecule has 1 N–H and O–H groups in total. The maximum atomic E-state index is 5.33. The van der Waals surface area contributed by atoms with Gasteiger partial charge in [0.1, 0.15) is 5.75 Å². The standard InChI is InChI=1S/C14H15Br2NOS/c1-8-4-5-19-14(8)9(2)17-12-7-13(18-3)11(16)6-10(12)15/h4-7,9,17H,1-3H3. The summed E-state index contributed by atoms with van der Waals surface area (Å²) in [5.74, 6) is 0.820. The lowest BCUT2D eigenvalue weighted by molar-refractivity contribution is 0.412. The van der Waals surface area contributed by atoms with Gasteiger partial charge in [0.15, 0.2) is 0 Å². The van der Waals surface area contributed by atoms with Crippen LogP contribution in [-0.4, -0.2) is 7.11 Å². The third-order valence-corrected chi connectivity index (χ3v) is 5.39. The fourth-order valence-electron chi connectivity index (χ4n) is 1.92. The zero-order chi connectivity index (χ0) is 14.0. The molecule has 0 bridgehead atoms. The van der Waals surface area contributed by atoms with Crippen molar-refractivity contribution in [2.24, 2.45) is 0 Å². The van der Waals surface area contributed by atoms with Gasteiger partial charge in [0.05, 0.1) is 23.3 Å². The smallest absolute Gasteiger partial charge is 0.135 e. The topological polar surface area (TPSA) is 21.3 Å². The zero-order valence-corrected chi connectivity index (χ0v) is 14.9. The lowest BCUT2D eigenvalue weighted by Crippen LogP contribution is -2.06. The van der Waals surface area contributed by atoms with Gasteiger partial charge in [-0.25, -0.2) is 0 Å². The van der Waals surface area contributed by atoms with Crippen LogP contribution in [0.4, 0.5) is 5.69 Å². The molecule has 1 aromatic carbocycles. The highest BCUT2D eigenvalue weighted by Crippen LogP contribution is 2.37. The van der Waals surface area contributed by atoms with Crippen molar-refractivity contribution >= 4 is 48.9 Å². The van der Waals surface area contributed by atoms with Crippen LogP contribution in [0, 0.1) is 6.92 Å². The van der Waals surface area contributed by atoms with E-state index in [4.69, 9.17) is 4.74 Å². The summed E-state index contributed by atoms with van der Waals surface area (Å²) in [7, 11) is 1.67. The van der Waals surface area contributed by atoms with E-state index in [-0.39, 0.29) is 6.04 Å². The summed E-state index contributed by atoms with van der Waals surface area (Å²) in [5, 5.41) is 5.64. The first-order valence-electron chi connectivity index (χ1n) is 5.86. The Morgan fingerprint density at radius 3 is 2.58 bits per heavy atom. The normalized spacial score (nSPS) is 12.3. The fraction of sp³-hybridized carbons (Fsp3) is 0.286. The van der Waals surface area contributed by atoms with Crippen molar-refractivity contribution in [3.8, 4) is 5.75 Å². The third-order valence-electron chi connectivity index (χ3n) is 2.91. The molecule has 19 heavy (non-hydrogen) atoms. The van der Waals surface area contributed by atoms with Crippen LogP contribution in [0.1, 0.15) is 23.4 Å². The highest BCUT2D eigenvalue weighted by molar-refractivity contribution is 9.11. The molecule has 0 saturated carbocycles. The van der Waals surface area contributed by atoms with Crippen LogP contribution in [0.3, 0.4) is 0 Å². The predicted octanol–water partition coefficient (Wildman–Crippen LogP) is 5.76. The SMILES string of the molecule is COc1cc(NC(C)c2sccc2C)c(Br)cc1Br. The Morgan fingerprint density at radius 1 is 1.26 bits per heavy atom.